The van der Waals surface area contributed by atoms with Gasteiger partial charge in [0.2, 0.25) is 0 Å². The molecule has 0 saturated carbocycles. The molecule has 0 spiro atoms. The van der Waals surface area contributed by atoms with Gasteiger partial charge in [-0.2, -0.15) is 0 Å². The summed E-state index contributed by atoms with van der Waals surface area (Å²) in [6.07, 6.45) is 2.15. The van der Waals surface area contributed by atoms with Crippen LogP contribution in [-0.4, -0.2) is 6.67 Å². The highest BCUT2D eigenvalue weighted by atomic mass is 15.2. The zero-order valence-electron chi connectivity index (χ0n) is 8.88. The van der Waals surface area contributed by atoms with E-state index in [2.05, 4.69) is 34.3 Å². The van der Waals surface area contributed by atoms with Gasteiger partial charge in [-0.1, -0.05) is 36.4 Å². The first-order valence-electron chi connectivity index (χ1n) is 5.36. The molecule has 2 aromatic rings. The molecule has 1 aliphatic rings. The van der Waals surface area contributed by atoms with Gasteiger partial charge in [0.15, 0.2) is 0 Å². The highest BCUT2D eigenvalue weighted by Crippen LogP contribution is 2.13. The molecule has 0 bridgehead atoms. The zero-order valence-corrected chi connectivity index (χ0v) is 8.88. The molecule has 0 radical (unpaired) electrons. The van der Waals surface area contributed by atoms with Crippen LogP contribution in [0.2, 0.25) is 0 Å². The van der Waals surface area contributed by atoms with Gasteiger partial charge in [0.25, 0.3) is 0 Å². The van der Waals surface area contributed by atoms with E-state index in [0.717, 1.165) is 5.36 Å². The minimum absolute atomic E-state index is 0.695. The largest absolute Gasteiger partial charge is 0.327 e. The summed E-state index contributed by atoms with van der Waals surface area (Å²) >= 11 is 0. The molecule has 0 atom stereocenters. The van der Waals surface area contributed by atoms with Crippen molar-refractivity contribution in [3.8, 4) is 0 Å². The SMILES string of the molecule is C1=c2ccccc2=NCN1c1ccccc1. The van der Waals surface area contributed by atoms with Crippen LogP contribution in [0, 0.1) is 0 Å². The summed E-state index contributed by atoms with van der Waals surface area (Å²) in [5, 5.41) is 2.26. The van der Waals surface area contributed by atoms with E-state index >= 15 is 0 Å². The van der Waals surface area contributed by atoms with Crippen molar-refractivity contribution in [1.29, 1.82) is 0 Å². The normalized spacial score (nSPS) is 13.6. The molecule has 1 heterocycles. The molecule has 2 nitrogen and oxygen atoms in total. The lowest BCUT2D eigenvalue weighted by molar-refractivity contribution is 0.939. The lowest BCUT2D eigenvalue weighted by Crippen LogP contribution is -2.35. The summed E-state index contributed by atoms with van der Waals surface area (Å²) in [5.41, 5.74) is 1.18. The molecule has 0 fully saturated rings. The first kappa shape index (κ1) is 9.16. The Hall–Kier alpha value is -2.09. The number of fused-ring (bicyclic) bond motifs is 1. The molecule has 0 unspecified atom stereocenters. The second kappa shape index (κ2) is 3.81. The van der Waals surface area contributed by atoms with Crippen LogP contribution in [-0.2, 0) is 0 Å². The summed E-state index contributed by atoms with van der Waals surface area (Å²) in [6, 6.07) is 18.5. The number of hydrogen-bond donors (Lipinski definition) is 0. The van der Waals surface area contributed by atoms with Gasteiger partial charge in [0.1, 0.15) is 6.67 Å². The predicted molar refractivity (Wildman–Crippen MR) is 65.5 cm³/mol. The van der Waals surface area contributed by atoms with E-state index in [0.29, 0.717) is 6.67 Å². The fourth-order valence-electron chi connectivity index (χ4n) is 1.88. The molecule has 0 amide bonds. The molecule has 1 aliphatic heterocycles. The fourth-order valence-corrected chi connectivity index (χ4v) is 1.88. The van der Waals surface area contributed by atoms with E-state index in [4.69, 9.17) is 0 Å². The minimum atomic E-state index is 0.695. The Morgan fingerprint density at radius 2 is 1.62 bits per heavy atom. The first-order chi connectivity index (χ1) is 7.93. The van der Waals surface area contributed by atoms with Crippen molar-refractivity contribution in [2.45, 2.75) is 0 Å². The number of nitrogens with zero attached hydrogens (tertiary/aromatic N) is 2. The Morgan fingerprint density at radius 1 is 0.875 bits per heavy atom. The topological polar surface area (TPSA) is 15.6 Å². The first-order valence-corrected chi connectivity index (χ1v) is 5.36. The van der Waals surface area contributed by atoms with E-state index < -0.39 is 0 Å². The monoisotopic (exact) mass is 208 g/mol. The number of rotatable bonds is 1. The van der Waals surface area contributed by atoms with Crippen molar-refractivity contribution in [2.75, 3.05) is 11.6 Å². The van der Waals surface area contributed by atoms with Crippen molar-refractivity contribution >= 4 is 11.9 Å². The summed E-state index contributed by atoms with van der Waals surface area (Å²) < 4.78 is 0. The van der Waals surface area contributed by atoms with Crippen LogP contribution in [0.3, 0.4) is 0 Å². The van der Waals surface area contributed by atoms with E-state index in [1.54, 1.807) is 0 Å². The average Bonchev–Trinajstić information content (AvgIpc) is 2.39. The molecule has 16 heavy (non-hydrogen) atoms. The smallest absolute Gasteiger partial charge is 0.115 e. The van der Waals surface area contributed by atoms with Gasteiger partial charge in [0, 0.05) is 17.1 Å². The molecule has 2 heteroatoms. The van der Waals surface area contributed by atoms with Crippen molar-refractivity contribution in [2.24, 2.45) is 4.99 Å². The predicted octanol–water partition coefficient (Wildman–Crippen LogP) is 1.52. The Balaban J connectivity index is 2.08. The Labute approximate surface area is 94.2 Å². The minimum Gasteiger partial charge on any atom is -0.327 e. The van der Waals surface area contributed by atoms with Crippen molar-refractivity contribution in [1.82, 2.24) is 0 Å². The average molecular weight is 208 g/mol. The Morgan fingerprint density at radius 3 is 2.50 bits per heavy atom. The van der Waals surface area contributed by atoms with Gasteiger partial charge < -0.3 is 4.90 Å². The van der Waals surface area contributed by atoms with Crippen LogP contribution in [0.25, 0.3) is 6.20 Å². The van der Waals surface area contributed by atoms with E-state index in [9.17, 15) is 0 Å². The number of benzene rings is 2. The standard InChI is InChI=1S/C14H12N2/c1-2-7-13(8-3-1)16-10-12-6-4-5-9-14(12)15-11-16/h1-10H,11H2. The molecular formula is C14H12N2. The maximum atomic E-state index is 4.55. The molecule has 2 aromatic carbocycles. The van der Waals surface area contributed by atoms with Gasteiger partial charge in [-0.3, -0.25) is 4.99 Å². The van der Waals surface area contributed by atoms with Gasteiger partial charge in [0.05, 0.1) is 5.36 Å². The lowest BCUT2D eigenvalue weighted by Gasteiger charge is -2.20. The molecule has 0 aromatic heterocycles. The van der Waals surface area contributed by atoms with Crippen LogP contribution in [0.4, 0.5) is 5.69 Å². The van der Waals surface area contributed by atoms with Crippen LogP contribution >= 0.6 is 0 Å². The molecular weight excluding hydrogens is 196 g/mol. The number of para-hydroxylation sites is 2. The van der Waals surface area contributed by atoms with Gasteiger partial charge in [-0.05, 0) is 18.2 Å². The molecule has 78 valence electrons. The summed E-state index contributed by atoms with van der Waals surface area (Å²) in [7, 11) is 0. The third-order valence-corrected chi connectivity index (χ3v) is 2.71. The number of hydrogen-bond acceptors (Lipinski definition) is 2. The van der Waals surface area contributed by atoms with Crippen molar-refractivity contribution in [3.05, 3.63) is 65.2 Å². The quantitative estimate of drug-likeness (QED) is 0.694. The van der Waals surface area contributed by atoms with Crippen molar-refractivity contribution in [3.63, 3.8) is 0 Å². The summed E-state index contributed by atoms with van der Waals surface area (Å²) in [5.74, 6) is 0. The third kappa shape index (κ3) is 1.58. The van der Waals surface area contributed by atoms with Crippen LogP contribution < -0.4 is 15.5 Å². The van der Waals surface area contributed by atoms with Gasteiger partial charge >= 0.3 is 0 Å². The van der Waals surface area contributed by atoms with Crippen molar-refractivity contribution < 1.29 is 0 Å². The second-order valence-electron chi connectivity index (χ2n) is 3.79. The lowest BCUT2D eigenvalue weighted by atomic mass is 10.2. The van der Waals surface area contributed by atoms with Crippen LogP contribution in [0.1, 0.15) is 0 Å². The third-order valence-electron chi connectivity index (χ3n) is 2.71. The maximum absolute atomic E-state index is 4.55. The molecule has 0 N–H and O–H groups in total. The van der Waals surface area contributed by atoms with Crippen LogP contribution in [0.5, 0.6) is 0 Å². The highest BCUT2D eigenvalue weighted by Gasteiger charge is 2.04. The molecule has 0 saturated heterocycles. The Bertz CT molecular complexity index is 602. The zero-order chi connectivity index (χ0) is 10.8. The van der Waals surface area contributed by atoms with Gasteiger partial charge in [-0.15, -0.1) is 0 Å². The molecule has 0 aliphatic carbocycles. The van der Waals surface area contributed by atoms with Gasteiger partial charge in [-0.25, -0.2) is 0 Å². The Kier molecular flexibility index (Phi) is 2.18. The van der Waals surface area contributed by atoms with E-state index in [-0.39, 0.29) is 0 Å². The molecule has 3 rings (SSSR count). The summed E-state index contributed by atoms with van der Waals surface area (Å²) in [6.45, 7) is 0.695. The van der Waals surface area contributed by atoms with E-state index in [1.165, 1.54) is 10.9 Å². The maximum Gasteiger partial charge on any atom is 0.115 e. The fraction of sp³-hybridized carbons (Fsp3) is 0.0714. The number of anilines is 1. The second-order valence-corrected chi connectivity index (χ2v) is 3.79. The van der Waals surface area contributed by atoms with Crippen LogP contribution in [0.15, 0.2) is 59.6 Å². The van der Waals surface area contributed by atoms with E-state index in [1.807, 2.05) is 36.4 Å². The highest BCUT2D eigenvalue weighted by molar-refractivity contribution is 5.58. The summed E-state index contributed by atoms with van der Waals surface area (Å²) in [4.78, 5) is 6.70.